The van der Waals surface area contributed by atoms with Gasteiger partial charge in [0.25, 0.3) is 5.56 Å². The van der Waals surface area contributed by atoms with Gasteiger partial charge in [0.2, 0.25) is 5.78 Å². The minimum absolute atomic E-state index is 0.0360. The van der Waals surface area contributed by atoms with Gasteiger partial charge in [0, 0.05) is 24.7 Å². The Morgan fingerprint density at radius 3 is 2.78 bits per heavy atom. The van der Waals surface area contributed by atoms with Gasteiger partial charge in [-0.25, -0.2) is 0 Å². The van der Waals surface area contributed by atoms with Crippen LogP contribution in [0.1, 0.15) is 25.2 Å². The van der Waals surface area contributed by atoms with Crippen LogP contribution >= 0.6 is 22.9 Å². The smallest absolute Gasteiger partial charge is 0.272 e. The second-order valence-electron chi connectivity index (χ2n) is 6.88. The van der Waals surface area contributed by atoms with E-state index < -0.39 is 0 Å². The lowest BCUT2D eigenvalue weighted by molar-refractivity contribution is 0.198. The fraction of sp³-hybridized carbons (Fsp3) is 0.316. The summed E-state index contributed by atoms with van der Waals surface area (Å²) in [4.78, 5) is 14.8. The quantitative estimate of drug-likeness (QED) is 0.511. The molecule has 0 aliphatic carbocycles. The number of hydrogen-bond donors (Lipinski definition) is 0. The molecule has 3 heterocycles. The monoisotopic (exact) mass is 401 g/mol. The van der Waals surface area contributed by atoms with Crippen LogP contribution in [0.15, 0.2) is 40.5 Å². The highest BCUT2D eigenvalue weighted by atomic mass is 35.5. The predicted molar refractivity (Wildman–Crippen MR) is 109 cm³/mol. The molecule has 140 valence electrons. The number of hydrogen-bond acceptors (Lipinski definition) is 5. The Kier molecular flexibility index (Phi) is 4.75. The number of benzene rings is 1. The first kappa shape index (κ1) is 18.2. The van der Waals surface area contributed by atoms with E-state index in [1.165, 1.54) is 11.3 Å². The molecule has 4 aromatic rings. The fourth-order valence-electron chi connectivity index (χ4n) is 3.23. The summed E-state index contributed by atoms with van der Waals surface area (Å²) in [6.45, 7) is 5.69. The summed E-state index contributed by atoms with van der Waals surface area (Å²) in [5.74, 6) is 1.38. The Labute approximate surface area is 165 Å². The lowest BCUT2D eigenvalue weighted by Crippen LogP contribution is -2.31. The van der Waals surface area contributed by atoms with Gasteiger partial charge < -0.3 is 0 Å². The number of aromatic nitrogens is 4. The molecule has 27 heavy (non-hydrogen) atoms. The molecule has 0 N–H and O–H groups in total. The van der Waals surface area contributed by atoms with Gasteiger partial charge in [-0.2, -0.15) is 0 Å². The topological polar surface area (TPSA) is 55.4 Å². The van der Waals surface area contributed by atoms with Crippen molar-refractivity contribution in [2.75, 3.05) is 0 Å². The molecule has 0 unspecified atom stereocenters. The minimum Gasteiger partial charge on any atom is -0.289 e. The molecule has 0 amide bonds. The second-order valence-corrected chi connectivity index (χ2v) is 8.23. The van der Waals surface area contributed by atoms with Crippen molar-refractivity contribution in [2.24, 2.45) is 7.05 Å². The van der Waals surface area contributed by atoms with Crippen LogP contribution in [0.25, 0.3) is 16.0 Å². The number of thiophene rings is 1. The van der Waals surface area contributed by atoms with Gasteiger partial charge in [0.05, 0.1) is 12.1 Å². The molecule has 0 aliphatic rings. The summed E-state index contributed by atoms with van der Waals surface area (Å²) in [5, 5.41) is 11.3. The highest BCUT2D eigenvalue weighted by Gasteiger charge is 2.19. The van der Waals surface area contributed by atoms with Crippen LogP contribution in [0.5, 0.6) is 0 Å². The van der Waals surface area contributed by atoms with E-state index in [4.69, 9.17) is 11.6 Å². The lowest BCUT2D eigenvalue weighted by Gasteiger charge is -2.25. The molecule has 0 fully saturated rings. The summed E-state index contributed by atoms with van der Waals surface area (Å²) in [7, 11) is 1.74. The first-order chi connectivity index (χ1) is 13.0. The van der Waals surface area contributed by atoms with Crippen LogP contribution in [0.3, 0.4) is 0 Å². The molecule has 3 aromatic heterocycles. The maximum absolute atomic E-state index is 12.5. The largest absolute Gasteiger partial charge is 0.289 e. The first-order valence-electron chi connectivity index (χ1n) is 8.74. The van der Waals surface area contributed by atoms with Crippen LogP contribution in [0.2, 0.25) is 5.02 Å². The van der Waals surface area contributed by atoms with E-state index in [0.29, 0.717) is 18.4 Å². The average Bonchev–Trinajstić information content (AvgIpc) is 3.26. The maximum Gasteiger partial charge on any atom is 0.272 e. The molecule has 0 saturated heterocycles. The van der Waals surface area contributed by atoms with Crippen LogP contribution in [0.4, 0.5) is 0 Å². The van der Waals surface area contributed by atoms with Crippen molar-refractivity contribution in [1.29, 1.82) is 0 Å². The third-order valence-electron chi connectivity index (χ3n) is 4.75. The number of fused-ring (bicyclic) bond motifs is 3. The summed E-state index contributed by atoms with van der Waals surface area (Å²) in [5.41, 5.74) is 1.98. The Morgan fingerprint density at radius 1 is 1.22 bits per heavy atom. The zero-order valence-electron chi connectivity index (χ0n) is 15.4. The molecule has 0 saturated carbocycles. The van der Waals surface area contributed by atoms with E-state index in [-0.39, 0.29) is 5.56 Å². The van der Waals surface area contributed by atoms with Crippen LogP contribution in [-0.4, -0.2) is 30.1 Å². The molecule has 0 spiro atoms. The van der Waals surface area contributed by atoms with Crippen molar-refractivity contribution >= 4 is 38.9 Å². The summed E-state index contributed by atoms with van der Waals surface area (Å²) < 4.78 is 4.27. The van der Waals surface area contributed by atoms with Gasteiger partial charge >= 0.3 is 0 Å². The number of rotatable bonds is 5. The van der Waals surface area contributed by atoms with Crippen molar-refractivity contribution in [3.05, 3.63) is 62.5 Å². The Hall–Kier alpha value is -2.22. The van der Waals surface area contributed by atoms with Gasteiger partial charge in [-0.15, -0.1) is 21.5 Å². The maximum atomic E-state index is 12.5. The summed E-state index contributed by atoms with van der Waals surface area (Å²) in [6.07, 6.45) is 0. The highest BCUT2D eigenvalue weighted by molar-refractivity contribution is 7.17. The standard InChI is InChI=1S/C19H20ClN5OS/c1-12(2)24(10-13-5-4-6-14(20)9-13)11-16-21-22-19-23(3)18(26)17-15(25(16)19)7-8-27-17/h4-9,12H,10-11H2,1-3H3. The number of aryl methyl sites for hydroxylation is 1. The molecule has 0 aliphatic heterocycles. The predicted octanol–water partition coefficient (Wildman–Crippen LogP) is 3.71. The molecular weight excluding hydrogens is 382 g/mol. The van der Waals surface area contributed by atoms with E-state index in [1.54, 1.807) is 11.6 Å². The molecule has 0 bridgehead atoms. The van der Waals surface area contributed by atoms with E-state index >= 15 is 0 Å². The van der Waals surface area contributed by atoms with E-state index in [2.05, 4.69) is 35.0 Å². The lowest BCUT2D eigenvalue weighted by atomic mass is 10.2. The van der Waals surface area contributed by atoms with E-state index in [0.717, 1.165) is 33.2 Å². The van der Waals surface area contributed by atoms with Crippen molar-refractivity contribution < 1.29 is 0 Å². The van der Waals surface area contributed by atoms with Gasteiger partial charge in [0.15, 0.2) is 5.82 Å². The third kappa shape index (κ3) is 3.26. The first-order valence-corrected chi connectivity index (χ1v) is 10.00. The molecule has 0 atom stereocenters. The molecule has 4 rings (SSSR count). The van der Waals surface area contributed by atoms with Crippen LogP contribution < -0.4 is 5.56 Å². The zero-order valence-corrected chi connectivity index (χ0v) is 17.0. The zero-order chi connectivity index (χ0) is 19.1. The SMILES string of the molecule is CC(C)N(Cc1cccc(Cl)c1)Cc1nnc2n(C)c(=O)c3sccc3n12. The fourth-order valence-corrected chi connectivity index (χ4v) is 4.29. The van der Waals surface area contributed by atoms with Crippen molar-refractivity contribution in [1.82, 2.24) is 24.1 Å². The number of nitrogens with zero attached hydrogens (tertiary/aromatic N) is 5. The molecule has 0 radical (unpaired) electrons. The molecule has 1 aromatic carbocycles. The Balaban J connectivity index is 1.76. The normalized spacial score (nSPS) is 12.1. The van der Waals surface area contributed by atoms with Gasteiger partial charge in [-0.05, 0) is 43.0 Å². The minimum atomic E-state index is -0.0360. The molecule has 8 heteroatoms. The number of halogens is 1. The summed E-state index contributed by atoms with van der Waals surface area (Å²) in [6, 6.07) is 10.2. The van der Waals surface area contributed by atoms with Gasteiger partial charge in [0.1, 0.15) is 4.70 Å². The Bertz CT molecular complexity index is 1180. The summed E-state index contributed by atoms with van der Waals surface area (Å²) >= 11 is 7.58. The van der Waals surface area contributed by atoms with Crippen molar-refractivity contribution in [3.63, 3.8) is 0 Å². The average molecular weight is 402 g/mol. The van der Waals surface area contributed by atoms with Crippen molar-refractivity contribution in [2.45, 2.75) is 33.0 Å². The Morgan fingerprint density at radius 2 is 2.04 bits per heavy atom. The highest BCUT2D eigenvalue weighted by Crippen LogP contribution is 2.21. The second kappa shape index (κ2) is 7.07. The van der Waals surface area contributed by atoms with E-state index in [1.807, 2.05) is 34.0 Å². The molecule has 6 nitrogen and oxygen atoms in total. The third-order valence-corrected chi connectivity index (χ3v) is 5.87. The van der Waals surface area contributed by atoms with Crippen LogP contribution in [0, 0.1) is 0 Å². The van der Waals surface area contributed by atoms with Gasteiger partial charge in [-0.1, -0.05) is 23.7 Å². The molecular formula is C19H20ClN5OS. The van der Waals surface area contributed by atoms with E-state index in [9.17, 15) is 4.79 Å². The van der Waals surface area contributed by atoms with Crippen molar-refractivity contribution in [3.8, 4) is 0 Å². The van der Waals surface area contributed by atoms with Crippen LogP contribution in [-0.2, 0) is 20.1 Å². The van der Waals surface area contributed by atoms with Gasteiger partial charge in [-0.3, -0.25) is 18.7 Å².